The summed E-state index contributed by atoms with van der Waals surface area (Å²) in [6.07, 6.45) is 1.74. The fraction of sp³-hybridized carbons (Fsp3) is 0.154. The fourth-order valence-electron chi connectivity index (χ4n) is 3.07. The van der Waals surface area contributed by atoms with Crippen LogP contribution in [0.3, 0.4) is 0 Å². The van der Waals surface area contributed by atoms with E-state index in [0.717, 1.165) is 16.9 Å². The number of benzene rings is 3. The van der Waals surface area contributed by atoms with Crippen LogP contribution in [0.25, 0.3) is 0 Å². The second kappa shape index (κ2) is 9.91. The lowest BCUT2D eigenvalue weighted by molar-refractivity contribution is 0.590. The Hall–Kier alpha value is -4.26. The molecule has 4 rings (SSSR count). The molecule has 7 nitrogen and oxygen atoms in total. The van der Waals surface area contributed by atoms with Crippen molar-refractivity contribution < 1.29 is 0 Å². The molecule has 0 bridgehead atoms. The van der Waals surface area contributed by atoms with Crippen LogP contribution in [0.4, 0.5) is 29.2 Å². The number of para-hydroxylation sites is 2. The Morgan fingerprint density at radius 3 is 1.61 bits per heavy atom. The van der Waals surface area contributed by atoms with Gasteiger partial charge in [-0.25, -0.2) is 5.43 Å². The molecule has 0 unspecified atom stereocenters. The molecular weight excluding hydrogens is 410 g/mol. The molecule has 0 spiro atoms. The number of hydrazone groups is 1. The van der Waals surface area contributed by atoms with Gasteiger partial charge in [-0.2, -0.15) is 20.1 Å². The summed E-state index contributed by atoms with van der Waals surface area (Å²) in [5.41, 5.74) is 7.04. The van der Waals surface area contributed by atoms with E-state index < -0.39 is 0 Å². The predicted molar refractivity (Wildman–Crippen MR) is 136 cm³/mol. The smallest absolute Gasteiger partial charge is 0.250 e. The number of hydrogen-bond donors (Lipinski definition) is 3. The number of hydrogen-bond acceptors (Lipinski definition) is 7. The highest BCUT2D eigenvalue weighted by Crippen LogP contribution is 2.22. The first-order chi connectivity index (χ1) is 16.0. The maximum Gasteiger partial charge on any atom is 0.250 e. The summed E-state index contributed by atoms with van der Waals surface area (Å²) in [5, 5.41) is 10.7. The van der Waals surface area contributed by atoms with Crippen molar-refractivity contribution in [3.63, 3.8) is 0 Å². The largest absolute Gasteiger partial charge is 0.324 e. The zero-order valence-electron chi connectivity index (χ0n) is 18.9. The lowest BCUT2D eigenvalue weighted by Gasteiger charge is -2.18. The Kier molecular flexibility index (Phi) is 6.59. The molecule has 1 aromatic heterocycles. The summed E-state index contributed by atoms with van der Waals surface area (Å²) in [4.78, 5) is 13.4. The van der Waals surface area contributed by atoms with Crippen molar-refractivity contribution >= 4 is 35.4 Å². The third-order valence-corrected chi connectivity index (χ3v) is 4.85. The van der Waals surface area contributed by atoms with Gasteiger partial charge in [0.25, 0.3) is 0 Å². The molecule has 0 aliphatic rings. The minimum atomic E-state index is 0.114. The minimum absolute atomic E-state index is 0.114. The van der Waals surface area contributed by atoms with Gasteiger partial charge in [-0.3, -0.25) is 0 Å². The molecule has 0 atom stereocenters. The van der Waals surface area contributed by atoms with Crippen molar-refractivity contribution in [3.8, 4) is 0 Å². The van der Waals surface area contributed by atoms with Crippen molar-refractivity contribution in [2.45, 2.75) is 26.2 Å². The van der Waals surface area contributed by atoms with Gasteiger partial charge in [-0.05, 0) is 40.8 Å². The third kappa shape index (κ3) is 6.36. The lowest BCUT2D eigenvalue weighted by atomic mass is 9.87. The van der Waals surface area contributed by atoms with Crippen LogP contribution in [-0.2, 0) is 5.41 Å². The van der Waals surface area contributed by atoms with Crippen molar-refractivity contribution in [1.29, 1.82) is 0 Å². The maximum absolute atomic E-state index is 4.49. The molecule has 7 heteroatoms. The second-order valence-corrected chi connectivity index (χ2v) is 8.53. The van der Waals surface area contributed by atoms with E-state index in [1.54, 1.807) is 6.21 Å². The number of nitrogens with zero attached hydrogens (tertiary/aromatic N) is 4. The maximum atomic E-state index is 4.49. The molecule has 0 radical (unpaired) electrons. The SMILES string of the molecule is CC(C)(C)c1ccc(C=NNc2nc(Nc3ccccc3)nc(Nc3ccccc3)n2)cc1. The number of anilines is 5. The molecule has 0 aliphatic heterocycles. The fourth-order valence-corrected chi connectivity index (χ4v) is 3.07. The molecular formula is C26H27N7. The van der Waals surface area contributed by atoms with E-state index in [1.165, 1.54) is 5.56 Å². The van der Waals surface area contributed by atoms with Gasteiger partial charge < -0.3 is 10.6 Å². The number of nitrogens with one attached hydrogen (secondary N) is 3. The minimum Gasteiger partial charge on any atom is -0.324 e. The predicted octanol–water partition coefficient (Wildman–Crippen LogP) is 6.10. The quantitative estimate of drug-likeness (QED) is 0.239. The molecule has 4 aromatic rings. The number of rotatable bonds is 7. The Balaban J connectivity index is 1.53. The summed E-state index contributed by atoms with van der Waals surface area (Å²) in [5.74, 6) is 1.13. The Morgan fingerprint density at radius 2 is 1.12 bits per heavy atom. The van der Waals surface area contributed by atoms with Crippen LogP contribution in [0.2, 0.25) is 0 Å². The molecule has 166 valence electrons. The Morgan fingerprint density at radius 1 is 0.636 bits per heavy atom. The van der Waals surface area contributed by atoms with Gasteiger partial charge in [0.05, 0.1) is 6.21 Å². The molecule has 1 heterocycles. The van der Waals surface area contributed by atoms with Crippen molar-refractivity contribution in [2.75, 3.05) is 16.1 Å². The molecule has 33 heavy (non-hydrogen) atoms. The zero-order valence-corrected chi connectivity index (χ0v) is 18.9. The third-order valence-electron chi connectivity index (χ3n) is 4.85. The molecule has 0 fully saturated rings. The van der Waals surface area contributed by atoms with Crippen LogP contribution in [-0.4, -0.2) is 21.2 Å². The molecule has 3 aromatic carbocycles. The van der Waals surface area contributed by atoms with E-state index in [4.69, 9.17) is 0 Å². The van der Waals surface area contributed by atoms with E-state index in [2.05, 4.69) is 69.0 Å². The van der Waals surface area contributed by atoms with E-state index >= 15 is 0 Å². The van der Waals surface area contributed by atoms with Gasteiger partial charge in [0.2, 0.25) is 17.8 Å². The van der Waals surface area contributed by atoms with E-state index in [-0.39, 0.29) is 5.41 Å². The monoisotopic (exact) mass is 437 g/mol. The van der Waals surface area contributed by atoms with Gasteiger partial charge >= 0.3 is 0 Å². The molecule has 0 aliphatic carbocycles. The van der Waals surface area contributed by atoms with Crippen LogP contribution in [0, 0.1) is 0 Å². The average Bonchev–Trinajstić information content (AvgIpc) is 2.80. The van der Waals surface area contributed by atoms with Gasteiger partial charge in [0.1, 0.15) is 0 Å². The summed E-state index contributed by atoms with van der Waals surface area (Å²) in [6, 6.07) is 27.8. The second-order valence-electron chi connectivity index (χ2n) is 8.53. The zero-order chi connectivity index (χ0) is 23.1. The van der Waals surface area contributed by atoms with Crippen LogP contribution in [0.1, 0.15) is 31.9 Å². The first-order valence-corrected chi connectivity index (χ1v) is 10.8. The van der Waals surface area contributed by atoms with Gasteiger partial charge in [0.15, 0.2) is 0 Å². The van der Waals surface area contributed by atoms with Crippen molar-refractivity contribution in [2.24, 2.45) is 5.10 Å². The average molecular weight is 438 g/mol. The van der Waals surface area contributed by atoms with Crippen molar-refractivity contribution in [1.82, 2.24) is 15.0 Å². The molecule has 0 saturated heterocycles. The molecule has 0 amide bonds. The summed E-state index contributed by atoms with van der Waals surface area (Å²) in [7, 11) is 0. The summed E-state index contributed by atoms with van der Waals surface area (Å²) in [6.45, 7) is 6.58. The highest BCUT2D eigenvalue weighted by molar-refractivity contribution is 5.80. The van der Waals surface area contributed by atoms with Crippen LogP contribution in [0.5, 0.6) is 0 Å². The van der Waals surface area contributed by atoms with E-state index in [0.29, 0.717) is 17.8 Å². The first kappa shape index (κ1) is 22.0. The summed E-state index contributed by atoms with van der Waals surface area (Å²) >= 11 is 0. The summed E-state index contributed by atoms with van der Waals surface area (Å²) < 4.78 is 0. The van der Waals surface area contributed by atoms with Gasteiger partial charge in [0, 0.05) is 11.4 Å². The van der Waals surface area contributed by atoms with Crippen LogP contribution in [0.15, 0.2) is 90.0 Å². The number of aromatic nitrogens is 3. The Bertz CT molecular complexity index is 1140. The molecule has 3 N–H and O–H groups in total. The van der Waals surface area contributed by atoms with Gasteiger partial charge in [-0.15, -0.1) is 0 Å². The normalized spacial score (nSPS) is 11.4. The van der Waals surface area contributed by atoms with Crippen molar-refractivity contribution in [3.05, 3.63) is 96.1 Å². The Labute approximate surface area is 194 Å². The topological polar surface area (TPSA) is 87.1 Å². The molecule has 0 saturated carbocycles. The van der Waals surface area contributed by atoms with E-state index in [1.807, 2.05) is 72.8 Å². The highest BCUT2D eigenvalue weighted by Gasteiger charge is 2.12. The lowest BCUT2D eigenvalue weighted by Crippen LogP contribution is -2.10. The van der Waals surface area contributed by atoms with Gasteiger partial charge in [-0.1, -0.05) is 81.4 Å². The van der Waals surface area contributed by atoms with E-state index in [9.17, 15) is 0 Å². The highest BCUT2D eigenvalue weighted by atomic mass is 15.4. The van der Waals surface area contributed by atoms with Crippen LogP contribution < -0.4 is 16.1 Å². The standard InChI is InChI=1S/C26H27N7/c1-26(2,3)20-16-14-19(15-17-20)18-27-33-25-31-23(28-21-10-6-4-7-11-21)30-24(32-25)29-22-12-8-5-9-13-22/h4-18H,1-3H3,(H3,28,29,30,31,32,33). The van der Waals surface area contributed by atoms with Crippen LogP contribution >= 0.6 is 0 Å². The first-order valence-electron chi connectivity index (χ1n) is 10.8.